The van der Waals surface area contributed by atoms with Gasteiger partial charge in [0.25, 0.3) is 0 Å². The van der Waals surface area contributed by atoms with Crippen molar-refractivity contribution in [2.45, 2.75) is 142 Å². The maximum atomic E-state index is 6.04. The van der Waals surface area contributed by atoms with E-state index in [0.29, 0.717) is 23.3 Å². The molecule has 4 aromatic carbocycles. The summed E-state index contributed by atoms with van der Waals surface area (Å²) < 4.78 is 11.9. The summed E-state index contributed by atoms with van der Waals surface area (Å²) in [4.78, 5) is 13.0. The summed E-state index contributed by atoms with van der Waals surface area (Å²) in [6, 6.07) is 30.4. The molecule has 0 bridgehead atoms. The molecule has 0 aliphatic rings. The van der Waals surface area contributed by atoms with E-state index >= 15 is 0 Å². The third kappa shape index (κ3) is 20.2. The Bertz CT molecular complexity index is 1880. The molecule has 0 aliphatic heterocycles. The maximum Gasteiger partial charge on any atom is 0.233 e. The minimum atomic E-state index is 0.0799. The number of hydrogen-bond donors (Lipinski definition) is 3. The summed E-state index contributed by atoms with van der Waals surface area (Å²) in [6.45, 7) is 6.01. The van der Waals surface area contributed by atoms with E-state index in [1.807, 2.05) is 97.1 Å². The number of aromatic nitrogens is 3. The number of nitrogens with two attached hydrogens (primary N) is 1. The predicted molar refractivity (Wildman–Crippen MR) is 260 cm³/mol. The number of hydrogen-bond acceptors (Lipinski definition) is 12. The number of nitrogens with one attached hydrogen (secondary N) is 2. The molecule has 1 aromatic heterocycles. The zero-order chi connectivity index (χ0) is 44.0. The van der Waals surface area contributed by atoms with Crippen molar-refractivity contribution in [2.24, 2.45) is 20.5 Å². The highest BCUT2D eigenvalue weighted by atomic mass is 16.5. The molecule has 4 N–H and O–H groups in total. The minimum absolute atomic E-state index is 0.0799. The van der Waals surface area contributed by atoms with E-state index in [4.69, 9.17) is 15.2 Å². The molecule has 0 saturated heterocycles. The number of nitrogens with zero attached hydrogens (tertiary/aromatic N) is 7. The van der Waals surface area contributed by atoms with Crippen LogP contribution >= 0.6 is 0 Å². The fourth-order valence-corrected chi connectivity index (χ4v) is 6.99. The average Bonchev–Trinajstić information content (AvgIpc) is 3.30. The fourth-order valence-electron chi connectivity index (χ4n) is 6.99. The van der Waals surface area contributed by atoms with E-state index in [1.54, 1.807) is 0 Å². The van der Waals surface area contributed by atoms with Gasteiger partial charge in [0.2, 0.25) is 17.8 Å². The molecule has 5 rings (SSSR count). The largest absolute Gasteiger partial charge is 0.494 e. The minimum Gasteiger partial charge on any atom is -0.494 e. The summed E-state index contributed by atoms with van der Waals surface area (Å²) in [6.07, 6.45) is 26.2. The first kappa shape index (κ1) is 48.1. The van der Waals surface area contributed by atoms with Crippen molar-refractivity contribution in [3.63, 3.8) is 0 Å². The van der Waals surface area contributed by atoms with Crippen LogP contribution in [-0.4, -0.2) is 28.2 Å². The molecule has 12 heteroatoms. The number of benzene rings is 4. The van der Waals surface area contributed by atoms with Gasteiger partial charge in [-0.05, 0) is 110 Å². The highest BCUT2D eigenvalue weighted by Crippen LogP contribution is 2.26. The highest BCUT2D eigenvalue weighted by molar-refractivity contribution is 5.61. The Hall–Kier alpha value is -5.91. The summed E-state index contributed by atoms with van der Waals surface area (Å²) in [7, 11) is 0. The lowest BCUT2D eigenvalue weighted by Crippen LogP contribution is -2.06. The van der Waals surface area contributed by atoms with E-state index in [2.05, 4.69) is 59.9 Å². The summed E-state index contributed by atoms with van der Waals surface area (Å²) in [5, 5.41) is 23.9. The van der Waals surface area contributed by atoms with Gasteiger partial charge in [-0.2, -0.15) is 35.4 Å². The van der Waals surface area contributed by atoms with Crippen LogP contribution in [-0.2, 0) is 0 Å². The number of ether oxygens (including phenoxy) is 2. The molecule has 336 valence electrons. The number of unbranched alkanes of at least 4 members (excludes halogenated alkanes) is 18. The first-order chi connectivity index (χ1) is 31.1. The number of rotatable bonds is 32. The first-order valence-corrected chi connectivity index (χ1v) is 23.6. The number of nitrogen functional groups attached to an aromatic ring is 1. The molecule has 0 aliphatic carbocycles. The van der Waals surface area contributed by atoms with Gasteiger partial charge in [0.05, 0.1) is 36.0 Å². The topological polar surface area (TPSA) is 157 Å². The third-order valence-electron chi connectivity index (χ3n) is 10.7. The SMILES string of the molecule is CCCCCCCCCCCCOc1ccc(N=Nc2ccc(Nc3nc(N)nc(Nc4ccc(N=Nc5ccc(OCCCCCCCCCCCC)cc5)cc4)n3)cc2)cc1. The lowest BCUT2D eigenvalue weighted by Gasteiger charge is -2.09. The van der Waals surface area contributed by atoms with E-state index in [0.717, 1.165) is 60.3 Å². The van der Waals surface area contributed by atoms with Crippen molar-refractivity contribution in [2.75, 3.05) is 29.6 Å². The molecule has 0 atom stereocenters. The predicted octanol–water partition coefficient (Wildman–Crippen LogP) is 16.4. The Morgan fingerprint density at radius 3 is 0.984 bits per heavy atom. The molecule has 0 fully saturated rings. The van der Waals surface area contributed by atoms with Crippen LogP contribution < -0.4 is 25.8 Å². The van der Waals surface area contributed by atoms with Crippen LogP contribution in [0.1, 0.15) is 142 Å². The van der Waals surface area contributed by atoms with E-state index in [1.165, 1.54) is 116 Å². The van der Waals surface area contributed by atoms with Crippen molar-refractivity contribution in [3.8, 4) is 11.5 Å². The first-order valence-electron chi connectivity index (χ1n) is 23.6. The maximum absolute atomic E-state index is 6.04. The monoisotopic (exact) mass is 855 g/mol. The Kier molecular flexibility index (Phi) is 22.5. The van der Waals surface area contributed by atoms with E-state index in [-0.39, 0.29) is 5.95 Å². The summed E-state index contributed by atoms with van der Waals surface area (Å²) >= 11 is 0. The molecule has 0 spiro atoms. The van der Waals surface area contributed by atoms with Gasteiger partial charge in [-0.15, -0.1) is 0 Å². The van der Waals surface area contributed by atoms with Crippen molar-refractivity contribution >= 4 is 52.0 Å². The molecular weight excluding hydrogens is 785 g/mol. The molecule has 1 heterocycles. The number of azo groups is 2. The van der Waals surface area contributed by atoms with Gasteiger partial charge in [0.1, 0.15) is 11.5 Å². The van der Waals surface area contributed by atoms with Gasteiger partial charge in [0, 0.05) is 11.4 Å². The molecular formula is C51H70N10O2. The second-order valence-electron chi connectivity index (χ2n) is 16.1. The Morgan fingerprint density at radius 2 is 0.667 bits per heavy atom. The molecule has 0 amide bonds. The lowest BCUT2D eigenvalue weighted by molar-refractivity contribution is 0.304. The normalized spacial score (nSPS) is 11.4. The van der Waals surface area contributed by atoms with Crippen molar-refractivity contribution in [1.29, 1.82) is 0 Å². The zero-order valence-electron chi connectivity index (χ0n) is 37.8. The van der Waals surface area contributed by atoms with Crippen LogP contribution in [0.25, 0.3) is 0 Å². The number of anilines is 5. The quantitative estimate of drug-likeness (QED) is 0.0285. The van der Waals surface area contributed by atoms with Gasteiger partial charge < -0.3 is 25.8 Å². The summed E-state index contributed by atoms with van der Waals surface area (Å²) in [5.41, 5.74) is 10.5. The Labute approximate surface area is 376 Å². The van der Waals surface area contributed by atoms with Crippen molar-refractivity contribution in [3.05, 3.63) is 97.1 Å². The van der Waals surface area contributed by atoms with E-state index in [9.17, 15) is 0 Å². The summed E-state index contributed by atoms with van der Waals surface area (Å²) in [5.74, 6) is 2.39. The van der Waals surface area contributed by atoms with Crippen LogP contribution in [0.4, 0.5) is 52.0 Å². The highest BCUT2D eigenvalue weighted by Gasteiger charge is 2.07. The van der Waals surface area contributed by atoms with Gasteiger partial charge in [-0.1, -0.05) is 129 Å². The van der Waals surface area contributed by atoms with Crippen molar-refractivity contribution in [1.82, 2.24) is 15.0 Å². The third-order valence-corrected chi connectivity index (χ3v) is 10.7. The average molecular weight is 855 g/mol. The van der Waals surface area contributed by atoms with Gasteiger partial charge >= 0.3 is 0 Å². The second kappa shape index (κ2) is 29.4. The lowest BCUT2D eigenvalue weighted by atomic mass is 10.1. The zero-order valence-corrected chi connectivity index (χ0v) is 37.8. The smallest absolute Gasteiger partial charge is 0.233 e. The molecule has 0 saturated carbocycles. The van der Waals surface area contributed by atoms with E-state index < -0.39 is 0 Å². The van der Waals surface area contributed by atoms with Crippen LogP contribution in [0.15, 0.2) is 118 Å². The molecule has 63 heavy (non-hydrogen) atoms. The molecule has 0 radical (unpaired) electrons. The molecule has 12 nitrogen and oxygen atoms in total. The van der Waals surface area contributed by atoms with Crippen LogP contribution in [0.5, 0.6) is 11.5 Å². The molecule has 5 aromatic rings. The van der Waals surface area contributed by atoms with Crippen molar-refractivity contribution < 1.29 is 9.47 Å². The van der Waals surface area contributed by atoms with Gasteiger partial charge in [0.15, 0.2) is 0 Å². The Balaban J connectivity index is 0.980. The second-order valence-corrected chi connectivity index (χ2v) is 16.1. The fraction of sp³-hybridized carbons (Fsp3) is 0.471. The van der Waals surface area contributed by atoms with Crippen LogP contribution in [0.3, 0.4) is 0 Å². The van der Waals surface area contributed by atoms with Crippen LogP contribution in [0, 0.1) is 0 Å². The van der Waals surface area contributed by atoms with Gasteiger partial charge in [-0.3, -0.25) is 0 Å². The van der Waals surface area contributed by atoms with Crippen LogP contribution in [0.2, 0.25) is 0 Å². The standard InChI is InChI=1S/C51H70N10O2/c1-3-5-7-9-11-13-15-17-19-21-39-62-47-35-31-45(32-36-47)60-58-43-27-23-41(24-28-43)53-50-55-49(52)56-51(57-50)54-42-25-29-44(30-26-42)59-61-46-33-37-48(38-34-46)63-40-22-20-18-16-14-12-10-8-6-4-2/h23-38H,3-22,39-40H2,1-2H3,(H4,52,53,54,55,56,57). The Morgan fingerprint density at radius 1 is 0.381 bits per heavy atom. The van der Waals surface area contributed by atoms with Gasteiger partial charge in [-0.25, -0.2) is 0 Å². The molecule has 0 unspecified atom stereocenters.